The second-order valence-corrected chi connectivity index (χ2v) is 4.81. The maximum absolute atomic E-state index is 12.4. The van der Waals surface area contributed by atoms with Gasteiger partial charge in [0.05, 0.1) is 5.56 Å². The van der Waals surface area contributed by atoms with Gasteiger partial charge in [0.15, 0.2) is 5.78 Å². The van der Waals surface area contributed by atoms with Crippen molar-refractivity contribution in [1.82, 2.24) is 0 Å². The molecule has 0 radical (unpaired) electrons. The first-order valence-corrected chi connectivity index (χ1v) is 6.57. The normalized spacial score (nSPS) is 10.3. The molecule has 0 saturated heterocycles. The summed E-state index contributed by atoms with van der Waals surface area (Å²) in [6.45, 7) is 1.95. The molecule has 0 heterocycles. The van der Waals surface area contributed by atoms with Gasteiger partial charge in [0.2, 0.25) is 0 Å². The molecule has 0 bridgehead atoms. The van der Waals surface area contributed by atoms with Crippen LogP contribution in [0.25, 0.3) is 0 Å². The number of carbonyl (C=O) groups excluding carboxylic acids is 1. The summed E-state index contributed by atoms with van der Waals surface area (Å²) in [6.07, 6.45) is 0.737. The van der Waals surface area contributed by atoms with Gasteiger partial charge in [-0.2, -0.15) is 0 Å². The van der Waals surface area contributed by atoms with Gasteiger partial charge in [0, 0.05) is 16.1 Å². The fraction of sp³-hybridized carbons (Fsp3) is 0.125. The highest BCUT2D eigenvalue weighted by Gasteiger charge is 2.18. The van der Waals surface area contributed by atoms with Crippen LogP contribution in [0.4, 0.5) is 0 Å². The molecule has 102 valence electrons. The lowest BCUT2D eigenvalue weighted by atomic mass is 9.95. The second-order valence-electron chi connectivity index (χ2n) is 4.37. The third-order valence-electron chi connectivity index (χ3n) is 3.07. The van der Waals surface area contributed by atoms with Crippen LogP contribution in [0.1, 0.15) is 38.8 Å². The number of hydrogen-bond donors (Lipinski definition) is 1. The number of rotatable bonds is 4. The van der Waals surface area contributed by atoms with E-state index in [1.165, 1.54) is 6.07 Å². The molecule has 0 unspecified atom stereocenters. The number of halogens is 1. The predicted molar refractivity (Wildman–Crippen MR) is 77.7 cm³/mol. The molecule has 0 aliphatic heterocycles. The van der Waals surface area contributed by atoms with Crippen molar-refractivity contribution in [2.75, 3.05) is 0 Å². The second kappa shape index (κ2) is 5.88. The monoisotopic (exact) mass is 288 g/mol. The molecule has 0 saturated carbocycles. The molecule has 2 rings (SSSR count). The Morgan fingerprint density at radius 1 is 1.05 bits per heavy atom. The van der Waals surface area contributed by atoms with E-state index < -0.39 is 5.97 Å². The van der Waals surface area contributed by atoms with Gasteiger partial charge >= 0.3 is 5.97 Å². The molecule has 0 amide bonds. The van der Waals surface area contributed by atoms with Crippen molar-refractivity contribution in [2.45, 2.75) is 13.3 Å². The first kappa shape index (κ1) is 14.3. The van der Waals surface area contributed by atoms with E-state index >= 15 is 0 Å². The van der Waals surface area contributed by atoms with E-state index in [1.807, 2.05) is 6.92 Å². The van der Waals surface area contributed by atoms with Gasteiger partial charge in [0.25, 0.3) is 0 Å². The maximum Gasteiger partial charge on any atom is 0.336 e. The molecule has 2 aromatic carbocycles. The van der Waals surface area contributed by atoms with E-state index in [2.05, 4.69) is 0 Å². The van der Waals surface area contributed by atoms with Crippen molar-refractivity contribution in [3.63, 3.8) is 0 Å². The van der Waals surface area contributed by atoms with Crippen molar-refractivity contribution in [2.24, 2.45) is 0 Å². The molecule has 20 heavy (non-hydrogen) atoms. The number of aryl methyl sites for hydroxylation is 1. The van der Waals surface area contributed by atoms with E-state index in [1.54, 1.807) is 36.4 Å². The van der Waals surface area contributed by atoms with Crippen LogP contribution in [0, 0.1) is 0 Å². The quantitative estimate of drug-likeness (QED) is 0.870. The maximum atomic E-state index is 12.4. The minimum atomic E-state index is -1.11. The van der Waals surface area contributed by atoms with Gasteiger partial charge in [0.1, 0.15) is 0 Å². The van der Waals surface area contributed by atoms with Crippen LogP contribution in [-0.4, -0.2) is 16.9 Å². The molecule has 4 heteroatoms. The lowest BCUT2D eigenvalue weighted by Gasteiger charge is -2.08. The highest BCUT2D eigenvalue weighted by molar-refractivity contribution is 6.30. The zero-order valence-corrected chi connectivity index (χ0v) is 11.6. The van der Waals surface area contributed by atoms with Crippen LogP contribution < -0.4 is 0 Å². The Balaban J connectivity index is 2.52. The van der Waals surface area contributed by atoms with E-state index in [4.69, 9.17) is 11.6 Å². The van der Waals surface area contributed by atoms with Crippen LogP contribution in [-0.2, 0) is 6.42 Å². The molecule has 1 N–H and O–H groups in total. The molecule has 2 aromatic rings. The van der Waals surface area contributed by atoms with Crippen LogP contribution in [0.15, 0.2) is 42.5 Å². The molecular formula is C16H13ClO3. The summed E-state index contributed by atoms with van der Waals surface area (Å²) in [6, 6.07) is 11.2. The van der Waals surface area contributed by atoms with Gasteiger partial charge in [-0.3, -0.25) is 4.79 Å². The van der Waals surface area contributed by atoms with E-state index in [0.717, 1.165) is 12.0 Å². The lowest BCUT2D eigenvalue weighted by molar-refractivity contribution is 0.0693. The summed E-state index contributed by atoms with van der Waals surface area (Å²) in [5.41, 5.74) is 1.57. The van der Waals surface area contributed by atoms with Crippen molar-refractivity contribution in [1.29, 1.82) is 0 Å². The summed E-state index contributed by atoms with van der Waals surface area (Å²) >= 11 is 5.79. The molecule has 0 aliphatic carbocycles. The zero-order chi connectivity index (χ0) is 14.7. The largest absolute Gasteiger partial charge is 0.478 e. The number of ketones is 1. The number of aromatic carboxylic acids is 1. The summed E-state index contributed by atoms with van der Waals surface area (Å²) in [7, 11) is 0. The van der Waals surface area contributed by atoms with Crippen LogP contribution in [0.3, 0.4) is 0 Å². The summed E-state index contributed by atoms with van der Waals surface area (Å²) in [5.74, 6) is -1.42. The van der Waals surface area contributed by atoms with E-state index in [9.17, 15) is 14.7 Å². The smallest absolute Gasteiger partial charge is 0.336 e. The van der Waals surface area contributed by atoms with Gasteiger partial charge in [-0.1, -0.05) is 24.6 Å². The van der Waals surface area contributed by atoms with Crippen molar-refractivity contribution < 1.29 is 14.7 Å². The molecule has 0 aromatic heterocycles. The summed E-state index contributed by atoms with van der Waals surface area (Å²) < 4.78 is 0. The number of carboxylic acids is 1. The minimum Gasteiger partial charge on any atom is -0.478 e. The van der Waals surface area contributed by atoms with Gasteiger partial charge < -0.3 is 5.11 Å². The average Bonchev–Trinajstić information content (AvgIpc) is 2.46. The van der Waals surface area contributed by atoms with Crippen molar-refractivity contribution in [3.8, 4) is 0 Å². The molecule has 0 atom stereocenters. The molecule has 3 nitrogen and oxygen atoms in total. The van der Waals surface area contributed by atoms with Gasteiger partial charge in [-0.25, -0.2) is 4.79 Å². The third-order valence-corrected chi connectivity index (χ3v) is 3.33. The van der Waals surface area contributed by atoms with Crippen LogP contribution >= 0.6 is 11.6 Å². The number of carboxylic acid groups (broad SMARTS) is 1. The topological polar surface area (TPSA) is 54.4 Å². The number of benzene rings is 2. The van der Waals surface area contributed by atoms with Crippen molar-refractivity contribution in [3.05, 3.63) is 69.7 Å². The fourth-order valence-electron chi connectivity index (χ4n) is 1.94. The van der Waals surface area contributed by atoms with Gasteiger partial charge in [-0.15, -0.1) is 0 Å². The standard InChI is InChI=1S/C16H13ClO3/c1-2-10-3-8-13(16(19)20)14(9-10)15(18)11-4-6-12(17)7-5-11/h3-9H,2H2,1H3,(H,19,20). The molecule has 0 spiro atoms. The highest BCUT2D eigenvalue weighted by Crippen LogP contribution is 2.19. The lowest BCUT2D eigenvalue weighted by Crippen LogP contribution is -2.10. The zero-order valence-electron chi connectivity index (χ0n) is 10.9. The Morgan fingerprint density at radius 3 is 2.25 bits per heavy atom. The Labute approximate surface area is 121 Å². The molecule has 0 aliphatic rings. The van der Waals surface area contributed by atoms with Crippen molar-refractivity contribution >= 4 is 23.4 Å². The van der Waals surface area contributed by atoms with Crippen LogP contribution in [0.5, 0.6) is 0 Å². The Kier molecular flexibility index (Phi) is 4.20. The Morgan fingerprint density at radius 2 is 1.70 bits per heavy atom. The molecular weight excluding hydrogens is 276 g/mol. The van der Waals surface area contributed by atoms with E-state index in [0.29, 0.717) is 10.6 Å². The number of carbonyl (C=O) groups is 2. The van der Waals surface area contributed by atoms with E-state index in [-0.39, 0.29) is 16.9 Å². The summed E-state index contributed by atoms with van der Waals surface area (Å²) in [4.78, 5) is 23.7. The third kappa shape index (κ3) is 2.89. The fourth-order valence-corrected chi connectivity index (χ4v) is 2.07. The Hall–Kier alpha value is -2.13. The summed E-state index contributed by atoms with van der Waals surface area (Å²) in [5, 5.41) is 9.73. The van der Waals surface area contributed by atoms with Crippen LogP contribution in [0.2, 0.25) is 5.02 Å². The molecule has 0 fully saturated rings. The average molecular weight is 289 g/mol. The first-order chi connectivity index (χ1) is 9.52. The minimum absolute atomic E-state index is 0.0159. The van der Waals surface area contributed by atoms with Gasteiger partial charge in [-0.05, 0) is 48.4 Å². The highest BCUT2D eigenvalue weighted by atomic mass is 35.5. The first-order valence-electron chi connectivity index (χ1n) is 6.19. The Bertz CT molecular complexity index is 660. The SMILES string of the molecule is CCc1ccc(C(=O)O)c(C(=O)c2ccc(Cl)cc2)c1. The predicted octanol–water partition coefficient (Wildman–Crippen LogP) is 3.83. The number of hydrogen-bond acceptors (Lipinski definition) is 2.